The van der Waals surface area contributed by atoms with Crippen LogP contribution in [0.5, 0.6) is 0 Å². The highest BCUT2D eigenvalue weighted by Gasteiger charge is 2.18. The van der Waals surface area contributed by atoms with Crippen LogP contribution in [0.15, 0.2) is 41.3 Å². The Morgan fingerprint density at radius 2 is 1.95 bits per heavy atom. The third-order valence-corrected chi connectivity index (χ3v) is 3.19. The number of nitrogens with one attached hydrogen (secondary N) is 1. The van der Waals surface area contributed by atoms with Gasteiger partial charge in [-0.3, -0.25) is 9.59 Å². The highest BCUT2D eigenvalue weighted by Crippen LogP contribution is 2.09. The van der Waals surface area contributed by atoms with Crippen molar-refractivity contribution in [2.45, 2.75) is 25.9 Å². The fourth-order valence-corrected chi connectivity index (χ4v) is 2.02. The molecule has 1 heterocycles. The van der Waals surface area contributed by atoms with E-state index in [4.69, 9.17) is 5.73 Å². The first-order chi connectivity index (χ1) is 9.43. The Kier molecular flexibility index (Phi) is 5.52. The molecule has 21 heavy (non-hydrogen) atoms. The number of aromatic nitrogens is 1. The molecule has 0 fully saturated rings. The van der Waals surface area contributed by atoms with Crippen LogP contribution in [-0.4, -0.2) is 22.6 Å². The molecule has 0 saturated carbocycles. The Morgan fingerprint density at radius 3 is 2.62 bits per heavy atom. The number of nitrogens with zero attached hydrogens (tertiary/aromatic N) is 1. The van der Waals surface area contributed by atoms with Crippen molar-refractivity contribution >= 4 is 29.2 Å². The van der Waals surface area contributed by atoms with E-state index in [0.29, 0.717) is 11.9 Å². The summed E-state index contributed by atoms with van der Waals surface area (Å²) in [5, 5.41) is 3.48. The Bertz CT molecular complexity index is 695. The van der Waals surface area contributed by atoms with Crippen LogP contribution >= 0.6 is 12.4 Å². The Labute approximate surface area is 129 Å². The summed E-state index contributed by atoms with van der Waals surface area (Å²) in [7, 11) is 0. The van der Waals surface area contributed by atoms with Gasteiger partial charge in [-0.1, -0.05) is 12.1 Å². The Morgan fingerprint density at radius 1 is 1.29 bits per heavy atom. The summed E-state index contributed by atoms with van der Waals surface area (Å²) in [5.74, 6) is -0.130. The first-order valence-corrected chi connectivity index (χ1v) is 6.52. The molecule has 114 valence electrons. The minimum Gasteiger partial charge on any atom is -0.348 e. The van der Waals surface area contributed by atoms with Gasteiger partial charge >= 0.3 is 0 Å². The number of fused-ring (bicyclic) bond motifs is 1. The molecule has 0 bridgehead atoms. The smallest absolute Gasteiger partial charge is 0.240 e. The molecule has 2 rings (SSSR count). The van der Waals surface area contributed by atoms with Crippen molar-refractivity contribution in [2.24, 2.45) is 5.73 Å². The lowest BCUT2D eigenvalue weighted by Gasteiger charge is -2.24. The summed E-state index contributed by atoms with van der Waals surface area (Å²) >= 11 is 0. The van der Waals surface area contributed by atoms with Crippen LogP contribution < -0.4 is 16.5 Å². The lowest BCUT2D eigenvalue weighted by Crippen LogP contribution is -2.49. The van der Waals surface area contributed by atoms with Crippen molar-refractivity contribution in [3.63, 3.8) is 0 Å². The van der Waals surface area contributed by atoms with Crippen LogP contribution in [-0.2, 0) is 11.3 Å². The van der Waals surface area contributed by atoms with Gasteiger partial charge in [0.25, 0.3) is 0 Å². The zero-order chi connectivity index (χ0) is 14.8. The molecule has 0 atom stereocenters. The lowest BCUT2D eigenvalue weighted by molar-refractivity contribution is -0.123. The first kappa shape index (κ1) is 17.2. The van der Waals surface area contributed by atoms with E-state index in [-0.39, 0.29) is 30.3 Å². The van der Waals surface area contributed by atoms with Gasteiger partial charge in [-0.2, -0.15) is 0 Å². The van der Waals surface area contributed by atoms with E-state index in [2.05, 4.69) is 5.32 Å². The maximum atomic E-state index is 12.0. The molecule has 1 aromatic heterocycles. The summed E-state index contributed by atoms with van der Waals surface area (Å²) in [4.78, 5) is 23.8. The van der Waals surface area contributed by atoms with Crippen LogP contribution in [0, 0.1) is 0 Å². The van der Waals surface area contributed by atoms with E-state index in [1.165, 1.54) is 6.07 Å². The van der Waals surface area contributed by atoms with Crippen LogP contribution in [0.3, 0.4) is 0 Å². The second-order valence-electron chi connectivity index (χ2n) is 5.46. The highest BCUT2D eigenvalue weighted by molar-refractivity contribution is 5.85. The van der Waals surface area contributed by atoms with Gasteiger partial charge in [0.15, 0.2) is 5.43 Å². The summed E-state index contributed by atoms with van der Waals surface area (Å²) < 4.78 is 1.76. The highest BCUT2D eigenvalue weighted by atomic mass is 35.5. The molecule has 0 spiro atoms. The maximum absolute atomic E-state index is 12.0. The molecule has 0 aliphatic rings. The number of hydrogen-bond acceptors (Lipinski definition) is 3. The van der Waals surface area contributed by atoms with Gasteiger partial charge < -0.3 is 15.6 Å². The maximum Gasteiger partial charge on any atom is 0.240 e. The third-order valence-electron chi connectivity index (χ3n) is 3.19. The quantitative estimate of drug-likeness (QED) is 0.893. The van der Waals surface area contributed by atoms with Gasteiger partial charge in [0.1, 0.15) is 6.54 Å². The monoisotopic (exact) mass is 309 g/mol. The predicted octanol–water partition coefficient (Wildman–Crippen LogP) is 1.28. The fraction of sp³-hybridized carbons (Fsp3) is 0.333. The van der Waals surface area contributed by atoms with E-state index < -0.39 is 5.54 Å². The molecule has 5 nitrogen and oxygen atoms in total. The van der Waals surface area contributed by atoms with Gasteiger partial charge in [0.2, 0.25) is 5.91 Å². The molecular formula is C15H20ClN3O2. The van der Waals surface area contributed by atoms with Gasteiger partial charge in [0, 0.05) is 29.7 Å². The average Bonchev–Trinajstić information content (AvgIpc) is 2.42. The molecule has 1 aromatic carbocycles. The first-order valence-electron chi connectivity index (χ1n) is 6.52. The number of para-hydroxylation sites is 1. The number of benzene rings is 1. The molecule has 0 saturated heterocycles. The number of rotatable bonds is 4. The molecule has 2 aromatic rings. The van der Waals surface area contributed by atoms with Gasteiger partial charge in [-0.15, -0.1) is 12.4 Å². The average molecular weight is 310 g/mol. The van der Waals surface area contributed by atoms with Crippen LogP contribution in [0.1, 0.15) is 13.8 Å². The molecule has 0 aliphatic carbocycles. The Balaban J connectivity index is 0.00000220. The van der Waals surface area contributed by atoms with E-state index in [9.17, 15) is 9.59 Å². The number of carbonyl (C=O) groups excluding carboxylic acids is 1. The summed E-state index contributed by atoms with van der Waals surface area (Å²) in [6.07, 6.45) is 1.64. The standard InChI is InChI=1S/C15H19N3O2.ClH/c1-15(2,10-16)17-14(20)9-18-8-7-13(19)11-5-3-4-6-12(11)18;/h3-8H,9-10,16H2,1-2H3,(H,17,20);1H. The second-order valence-corrected chi connectivity index (χ2v) is 5.46. The van der Waals surface area contributed by atoms with Gasteiger partial charge in [-0.05, 0) is 26.0 Å². The molecule has 0 unspecified atom stereocenters. The molecule has 6 heteroatoms. The van der Waals surface area contributed by atoms with Crippen molar-refractivity contribution in [1.29, 1.82) is 0 Å². The van der Waals surface area contributed by atoms with Gasteiger partial charge in [-0.25, -0.2) is 0 Å². The van der Waals surface area contributed by atoms with Crippen LogP contribution in [0.25, 0.3) is 10.9 Å². The van der Waals surface area contributed by atoms with E-state index in [0.717, 1.165) is 5.52 Å². The molecule has 0 radical (unpaired) electrons. The third kappa shape index (κ3) is 4.06. The largest absolute Gasteiger partial charge is 0.348 e. The minimum atomic E-state index is -0.439. The summed E-state index contributed by atoms with van der Waals surface area (Å²) in [5.41, 5.74) is 5.87. The number of hydrogen-bond donors (Lipinski definition) is 2. The SMILES string of the molecule is CC(C)(CN)NC(=O)Cn1ccc(=O)c2ccccc21.Cl. The lowest BCUT2D eigenvalue weighted by atomic mass is 10.1. The second kappa shape index (κ2) is 6.74. The zero-order valence-corrected chi connectivity index (χ0v) is 12.9. The fourth-order valence-electron chi connectivity index (χ4n) is 2.02. The van der Waals surface area contributed by atoms with Crippen molar-refractivity contribution in [2.75, 3.05) is 6.54 Å². The van der Waals surface area contributed by atoms with Crippen molar-refractivity contribution in [3.05, 3.63) is 46.8 Å². The van der Waals surface area contributed by atoms with Gasteiger partial charge in [0.05, 0.1) is 5.52 Å². The zero-order valence-electron chi connectivity index (χ0n) is 12.1. The van der Waals surface area contributed by atoms with Crippen molar-refractivity contribution < 1.29 is 4.79 Å². The number of amides is 1. The topological polar surface area (TPSA) is 77.1 Å². The number of pyridine rings is 1. The number of carbonyl (C=O) groups is 1. The van der Waals surface area contributed by atoms with Crippen LogP contribution in [0.2, 0.25) is 0 Å². The summed E-state index contributed by atoms with van der Waals surface area (Å²) in [6, 6.07) is 8.73. The number of halogens is 1. The minimum absolute atomic E-state index is 0. The van der Waals surface area contributed by atoms with E-state index in [1.807, 2.05) is 32.0 Å². The summed E-state index contributed by atoms with van der Waals surface area (Å²) in [6.45, 7) is 4.26. The number of nitrogens with two attached hydrogens (primary N) is 1. The van der Waals surface area contributed by atoms with Crippen molar-refractivity contribution in [1.82, 2.24) is 9.88 Å². The molecular weight excluding hydrogens is 290 g/mol. The van der Waals surface area contributed by atoms with Crippen LogP contribution in [0.4, 0.5) is 0 Å². The molecule has 3 N–H and O–H groups in total. The normalized spacial score (nSPS) is 11.0. The molecule has 1 amide bonds. The molecule has 0 aliphatic heterocycles. The Hall–Kier alpha value is -1.85. The van der Waals surface area contributed by atoms with E-state index >= 15 is 0 Å². The van der Waals surface area contributed by atoms with E-state index in [1.54, 1.807) is 16.8 Å². The predicted molar refractivity (Wildman–Crippen MR) is 86.7 cm³/mol. The van der Waals surface area contributed by atoms with Crippen molar-refractivity contribution in [3.8, 4) is 0 Å².